The van der Waals surface area contributed by atoms with Crippen molar-refractivity contribution in [1.82, 2.24) is 0 Å². The van der Waals surface area contributed by atoms with Crippen molar-refractivity contribution in [3.63, 3.8) is 0 Å². The van der Waals surface area contributed by atoms with E-state index in [-0.39, 0.29) is 0 Å². The molecule has 0 aromatic heterocycles. The van der Waals surface area contributed by atoms with Gasteiger partial charge in [0.25, 0.3) is 0 Å². The molecule has 0 spiro atoms. The second kappa shape index (κ2) is 7.17. The summed E-state index contributed by atoms with van der Waals surface area (Å²) < 4.78 is 0. The van der Waals surface area contributed by atoms with Gasteiger partial charge in [-0.25, -0.2) is 0 Å². The van der Waals surface area contributed by atoms with Crippen LogP contribution in [-0.2, 0) is 0 Å². The zero-order valence-electron chi connectivity index (χ0n) is 8.93. The Kier molecular flexibility index (Phi) is 7.09. The van der Waals surface area contributed by atoms with Gasteiger partial charge in [-0.2, -0.15) is 0 Å². The molecule has 0 aliphatic carbocycles. The van der Waals surface area contributed by atoms with Crippen molar-refractivity contribution in [2.75, 3.05) is 0 Å². The largest absolute Gasteiger partial charge is 0.390 e. The van der Waals surface area contributed by atoms with E-state index in [0.717, 1.165) is 12.8 Å². The Morgan fingerprint density at radius 2 is 1.00 bits per heavy atom. The fourth-order valence-corrected chi connectivity index (χ4v) is 1.39. The van der Waals surface area contributed by atoms with Crippen LogP contribution in [0.5, 0.6) is 0 Å². The fourth-order valence-electron chi connectivity index (χ4n) is 1.39. The van der Waals surface area contributed by atoms with E-state index < -0.39 is 24.4 Å². The van der Waals surface area contributed by atoms with Crippen LogP contribution in [0, 0.1) is 0 Å². The van der Waals surface area contributed by atoms with Crippen molar-refractivity contribution in [2.45, 2.75) is 63.9 Å². The molecule has 0 radical (unpaired) electrons. The highest BCUT2D eigenvalue weighted by Crippen LogP contribution is 2.12. The molecule has 0 heterocycles. The quantitative estimate of drug-likeness (QED) is 0.474. The molecule has 0 aliphatic rings. The molecule has 0 amide bonds. The normalized spacial score (nSPS) is 20.1. The van der Waals surface area contributed by atoms with E-state index >= 15 is 0 Å². The standard InChI is InChI=1S/C10H22O4/c1-3-5-7(11)9(13)10(14)8(12)6-4-2/h7-14H,3-6H2,1-2H3. The third-order valence-corrected chi connectivity index (χ3v) is 2.31. The van der Waals surface area contributed by atoms with Crippen molar-refractivity contribution < 1.29 is 20.4 Å². The third kappa shape index (κ3) is 4.37. The smallest absolute Gasteiger partial charge is 0.108 e. The average molecular weight is 206 g/mol. The molecule has 4 heteroatoms. The Bertz CT molecular complexity index is 124. The summed E-state index contributed by atoms with van der Waals surface area (Å²) in [5, 5.41) is 37.7. The molecule has 0 aromatic carbocycles. The minimum absolute atomic E-state index is 0.428. The summed E-state index contributed by atoms with van der Waals surface area (Å²) in [4.78, 5) is 0. The topological polar surface area (TPSA) is 80.9 Å². The van der Waals surface area contributed by atoms with Crippen molar-refractivity contribution >= 4 is 0 Å². The molecule has 0 saturated heterocycles. The highest BCUT2D eigenvalue weighted by atomic mass is 16.4. The lowest BCUT2D eigenvalue weighted by Gasteiger charge is -2.26. The molecular formula is C10H22O4. The van der Waals surface area contributed by atoms with Gasteiger partial charge in [0.15, 0.2) is 0 Å². The maximum Gasteiger partial charge on any atom is 0.108 e. The first-order chi connectivity index (χ1) is 6.54. The van der Waals surface area contributed by atoms with Crippen LogP contribution in [-0.4, -0.2) is 44.8 Å². The number of hydrogen-bond acceptors (Lipinski definition) is 4. The predicted octanol–water partition coefficient (Wildman–Crippen LogP) is 0.0302. The fraction of sp³-hybridized carbons (Fsp3) is 1.00. The lowest BCUT2D eigenvalue weighted by atomic mass is 9.98. The van der Waals surface area contributed by atoms with E-state index in [9.17, 15) is 20.4 Å². The first-order valence-corrected chi connectivity index (χ1v) is 5.26. The Labute approximate surface area is 85.2 Å². The second-order valence-corrected chi connectivity index (χ2v) is 3.69. The molecule has 4 unspecified atom stereocenters. The molecule has 4 nitrogen and oxygen atoms in total. The molecule has 14 heavy (non-hydrogen) atoms. The van der Waals surface area contributed by atoms with Crippen molar-refractivity contribution in [2.24, 2.45) is 0 Å². The van der Waals surface area contributed by atoms with Gasteiger partial charge in [0.2, 0.25) is 0 Å². The van der Waals surface area contributed by atoms with Crippen LogP contribution in [0.15, 0.2) is 0 Å². The van der Waals surface area contributed by atoms with Crippen LogP contribution in [0.2, 0.25) is 0 Å². The van der Waals surface area contributed by atoms with E-state index in [1.165, 1.54) is 0 Å². The summed E-state index contributed by atoms with van der Waals surface area (Å²) in [6, 6.07) is 0. The molecule has 86 valence electrons. The van der Waals surface area contributed by atoms with Crippen LogP contribution in [0.1, 0.15) is 39.5 Å². The van der Waals surface area contributed by atoms with E-state index in [1.807, 2.05) is 13.8 Å². The second-order valence-electron chi connectivity index (χ2n) is 3.69. The first kappa shape index (κ1) is 13.8. The average Bonchev–Trinajstić information content (AvgIpc) is 2.16. The predicted molar refractivity (Wildman–Crippen MR) is 53.8 cm³/mol. The van der Waals surface area contributed by atoms with E-state index in [0.29, 0.717) is 12.8 Å². The van der Waals surface area contributed by atoms with Gasteiger partial charge in [-0.3, -0.25) is 0 Å². The van der Waals surface area contributed by atoms with Crippen molar-refractivity contribution in [3.05, 3.63) is 0 Å². The molecule has 4 atom stereocenters. The molecule has 0 saturated carbocycles. The summed E-state index contributed by atoms with van der Waals surface area (Å²) in [6.07, 6.45) is -2.10. The molecule has 0 aliphatic heterocycles. The van der Waals surface area contributed by atoms with Gasteiger partial charge in [-0.1, -0.05) is 26.7 Å². The van der Waals surface area contributed by atoms with Crippen LogP contribution in [0.3, 0.4) is 0 Å². The monoisotopic (exact) mass is 206 g/mol. The van der Waals surface area contributed by atoms with Gasteiger partial charge >= 0.3 is 0 Å². The molecule has 0 aromatic rings. The zero-order valence-corrected chi connectivity index (χ0v) is 8.93. The van der Waals surface area contributed by atoms with Gasteiger partial charge < -0.3 is 20.4 Å². The molecule has 0 bridgehead atoms. The maximum atomic E-state index is 9.45. The summed E-state index contributed by atoms with van der Waals surface area (Å²) in [7, 11) is 0. The summed E-state index contributed by atoms with van der Waals surface area (Å²) >= 11 is 0. The van der Waals surface area contributed by atoms with E-state index in [4.69, 9.17) is 0 Å². The van der Waals surface area contributed by atoms with Crippen molar-refractivity contribution in [1.29, 1.82) is 0 Å². The third-order valence-electron chi connectivity index (χ3n) is 2.31. The van der Waals surface area contributed by atoms with Gasteiger partial charge in [0, 0.05) is 0 Å². The number of hydrogen-bond donors (Lipinski definition) is 4. The lowest BCUT2D eigenvalue weighted by molar-refractivity contribution is -0.108. The number of aliphatic hydroxyl groups is 4. The zero-order chi connectivity index (χ0) is 11.1. The Balaban J connectivity index is 4.01. The Hall–Kier alpha value is -0.160. The Morgan fingerprint density at radius 3 is 1.21 bits per heavy atom. The van der Waals surface area contributed by atoms with E-state index in [2.05, 4.69) is 0 Å². The first-order valence-electron chi connectivity index (χ1n) is 5.26. The maximum absolute atomic E-state index is 9.45. The number of aliphatic hydroxyl groups excluding tert-OH is 4. The Morgan fingerprint density at radius 1 is 0.714 bits per heavy atom. The summed E-state index contributed by atoms with van der Waals surface area (Å²) in [5.41, 5.74) is 0. The van der Waals surface area contributed by atoms with Gasteiger partial charge in [-0.15, -0.1) is 0 Å². The van der Waals surface area contributed by atoms with Gasteiger partial charge in [0.1, 0.15) is 12.2 Å². The highest BCUT2D eigenvalue weighted by molar-refractivity contribution is 4.80. The number of rotatable bonds is 7. The van der Waals surface area contributed by atoms with Gasteiger partial charge in [-0.05, 0) is 12.8 Å². The van der Waals surface area contributed by atoms with Crippen LogP contribution in [0.25, 0.3) is 0 Å². The molecule has 0 rings (SSSR count). The van der Waals surface area contributed by atoms with Crippen LogP contribution in [0.4, 0.5) is 0 Å². The SMILES string of the molecule is CCCC(O)C(O)C(O)C(O)CCC. The van der Waals surface area contributed by atoms with Gasteiger partial charge in [0.05, 0.1) is 12.2 Å². The minimum Gasteiger partial charge on any atom is -0.390 e. The van der Waals surface area contributed by atoms with Crippen LogP contribution >= 0.6 is 0 Å². The van der Waals surface area contributed by atoms with Crippen molar-refractivity contribution in [3.8, 4) is 0 Å². The van der Waals surface area contributed by atoms with E-state index in [1.54, 1.807) is 0 Å². The lowest BCUT2D eigenvalue weighted by Crippen LogP contribution is -2.44. The summed E-state index contributed by atoms with van der Waals surface area (Å²) in [6.45, 7) is 3.76. The van der Waals surface area contributed by atoms with Crippen LogP contribution < -0.4 is 0 Å². The minimum atomic E-state index is -1.25. The molecule has 4 N–H and O–H groups in total. The highest BCUT2D eigenvalue weighted by Gasteiger charge is 2.28. The molecule has 0 fully saturated rings. The molecular weight excluding hydrogens is 184 g/mol. The summed E-state index contributed by atoms with van der Waals surface area (Å²) in [5.74, 6) is 0.